The standard InChI is InChI=1S/C14H22BN/c1-11-6-7-12(8-16-11)15-9-13(2,3)14(4,5)10-15/h6-8H,9-10H2,1-5H3. The first-order valence-electron chi connectivity index (χ1n) is 6.24. The summed E-state index contributed by atoms with van der Waals surface area (Å²) in [5.41, 5.74) is 3.40. The van der Waals surface area contributed by atoms with Crippen LogP contribution < -0.4 is 5.46 Å². The molecule has 1 nitrogen and oxygen atoms in total. The molecule has 0 N–H and O–H groups in total. The van der Waals surface area contributed by atoms with Gasteiger partial charge in [-0.1, -0.05) is 51.9 Å². The van der Waals surface area contributed by atoms with Gasteiger partial charge in [0.25, 0.3) is 0 Å². The van der Waals surface area contributed by atoms with Crippen LogP contribution in [0.3, 0.4) is 0 Å². The zero-order valence-electron chi connectivity index (χ0n) is 11.2. The molecular weight excluding hydrogens is 193 g/mol. The number of nitrogens with zero attached hydrogens (tertiary/aromatic N) is 1. The molecule has 0 spiro atoms. The molecule has 0 unspecified atom stereocenters. The van der Waals surface area contributed by atoms with E-state index in [1.165, 1.54) is 18.1 Å². The Labute approximate surface area is 99.8 Å². The third-order valence-corrected chi connectivity index (χ3v) is 4.75. The lowest BCUT2D eigenvalue weighted by molar-refractivity contribution is 0.177. The van der Waals surface area contributed by atoms with Gasteiger partial charge in [0.15, 0.2) is 6.71 Å². The van der Waals surface area contributed by atoms with Gasteiger partial charge in [-0.25, -0.2) is 0 Å². The van der Waals surface area contributed by atoms with E-state index in [4.69, 9.17) is 0 Å². The molecule has 1 saturated heterocycles. The summed E-state index contributed by atoms with van der Waals surface area (Å²) in [6, 6.07) is 4.39. The molecular formula is C14H22BN. The molecule has 16 heavy (non-hydrogen) atoms. The molecule has 1 aromatic rings. The van der Waals surface area contributed by atoms with Crippen molar-refractivity contribution in [2.45, 2.75) is 47.3 Å². The van der Waals surface area contributed by atoms with Crippen LogP contribution in [-0.2, 0) is 0 Å². The fraction of sp³-hybridized carbons (Fsp3) is 0.643. The van der Waals surface area contributed by atoms with Crippen LogP contribution in [0.4, 0.5) is 0 Å². The van der Waals surface area contributed by atoms with E-state index in [-0.39, 0.29) is 0 Å². The molecule has 1 aliphatic heterocycles. The highest BCUT2D eigenvalue weighted by molar-refractivity contribution is 6.74. The Morgan fingerprint density at radius 3 is 2.06 bits per heavy atom. The molecule has 0 bridgehead atoms. The number of hydrogen-bond donors (Lipinski definition) is 0. The van der Waals surface area contributed by atoms with E-state index in [2.05, 4.69) is 51.0 Å². The van der Waals surface area contributed by atoms with Crippen molar-refractivity contribution in [1.82, 2.24) is 4.98 Å². The number of aromatic nitrogens is 1. The highest BCUT2D eigenvalue weighted by Gasteiger charge is 2.47. The molecule has 1 fully saturated rings. The van der Waals surface area contributed by atoms with Crippen LogP contribution in [0.1, 0.15) is 33.4 Å². The van der Waals surface area contributed by atoms with Crippen LogP contribution in [0.5, 0.6) is 0 Å². The van der Waals surface area contributed by atoms with Crippen LogP contribution >= 0.6 is 0 Å². The van der Waals surface area contributed by atoms with Gasteiger partial charge in [-0.2, -0.15) is 0 Å². The normalized spacial score (nSPS) is 22.4. The van der Waals surface area contributed by atoms with Crippen LogP contribution in [0.15, 0.2) is 18.3 Å². The van der Waals surface area contributed by atoms with Gasteiger partial charge in [-0.15, -0.1) is 0 Å². The molecule has 0 aromatic carbocycles. The predicted molar refractivity (Wildman–Crippen MR) is 71.5 cm³/mol. The molecule has 1 aliphatic rings. The lowest BCUT2D eigenvalue weighted by atomic mass is 9.42. The lowest BCUT2D eigenvalue weighted by Gasteiger charge is -2.35. The van der Waals surface area contributed by atoms with Gasteiger partial charge in [-0.3, -0.25) is 4.98 Å². The van der Waals surface area contributed by atoms with Gasteiger partial charge in [-0.05, 0) is 23.8 Å². The Balaban J connectivity index is 2.23. The van der Waals surface area contributed by atoms with Crippen molar-refractivity contribution in [1.29, 1.82) is 0 Å². The first-order chi connectivity index (χ1) is 7.32. The van der Waals surface area contributed by atoms with Crippen molar-refractivity contribution in [2.24, 2.45) is 10.8 Å². The van der Waals surface area contributed by atoms with Crippen LogP contribution in [0.25, 0.3) is 0 Å². The fourth-order valence-electron chi connectivity index (χ4n) is 2.81. The van der Waals surface area contributed by atoms with Crippen molar-refractivity contribution in [2.75, 3.05) is 0 Å². The third-order valence-electron chi connectivity index (χ3n) is 4.75. The Hall–Kier alpha value is -0.785. The van der Waals surface area contributed by atoms with Gasteiger partial charge in [0.1, 0.15) is 0 Å². The smallest absolute Gasteiger partial charge is 0.179 e. The summed E-state index contributed by atoms with van der Waals surface area (Å²) in [4.78, 5) is 4.42. The lowest BCUT2D eigenvalue weighted by Crippen LogP contribution is -2.28. The highest BCUT2D eigenvalue weighted by Crippen LogP contribution is 2.52. The van der Waals surface area contributed by atoms with Crippen LogP contribution in [-0.4, -0.2) is 11.7 Å². The summed E-state index contributed by atoms with van der Waals surface area (Å²) in [7, 11) is 0. The van der Waals surface area contributed by atoms with Crippen molar-refractivity contribution >= 4 is 12.2 Å². The average Bonchev–Trinajstić information content (AvgIpc) is 2.37. The molecule has 2 heteroatoms. The van der Waals surface area contributed by atoms with E-state index in [0.29, 0.717) is 17.5 Å². The molecule has 0 saturated carbocycles. The second kappa shape index (κ2) is 3.61. The topological polar surface area (TPSA) is 12.9 Å². The van der Waals surface area contributed by atoms with E-state index >= 15 is 0 Å². The van der Waals surface area contributed by atoms with Gasteiger partial charge < -0.3 is 0 Å². The van der Waals surface area contributed by atoms with E-state index in [9.17, 15) is 0 Å². The minimum absolute atomic E-state index is 0.433. The molecule has 0 radical (unpaired) electrons. The fourth-order valence-corrected chi connectivity index (χ4v) is 2.81. The van der Waals surface area contributed by atoms with Crippen molar-refractivity contribution in [3.8, 4) is 0 Å². The number of aryl methyl sites for hydroxylation is 1. The molecule has 2 heterocycles. The monoisotopic (exact) mass is 215 g/mol. The Bertz CT molecular complexity index is 362. The number of hydrogen-bond acceptors (Lipinski definition) is 1. The highest BCUT2D eigenvalue weighted by atomic mass is 14.6. The summed E-state index contributed by atoms with van der Waals surface area (Å²) < 4.78 is 0. The molecule has 0 atom stereocenters. The number of pyridine rings is 1. The zero-order chi connectivity index (χ0) is 12.0. The number of rotatable bonds is 1. The second-order valence-electron chi connectivity index (χ2n) is 6.61. The van der Waals surface area contributed by atoms with Crippen molar-refractivity contribution in [3.05, 3.63) is 24.0 Å². The summed E-state index contributed by atoms with van der Waals surface area (Å²) in [5.74, 6) is 0. The van der Waals surface area contributed by atoms with Gasteiger partial charge >= 0.3 is 0 Å². The van der Waals surface area contributed by atoms with E-state index in [1.807, 2.05) is 6.92 Å². The van der Waals surface area contributed by atoms with E-state index < -0.39 is 0 Å². The van der Waals surface area contributed by atoms with Crippen LogP contribution in [0.2, 0.25) is 12.6 Å². The largest absolute Gasteiger partial charge is 0.262 e. The minimum atomic E-state index is 0.433. The summed E-state index contributed by atoms with van der Waals surface area (Å²) in [5, 5.41) is 0. The van der Waals surface area contributed by atoms with Gasteiger partial charge in [0.2, 0.25) is 0 Å². The summed E-state index contributed by atoms with van der Waals surface area (Å²) in [6.45, 7) is 12.3. The SMILES string of the molecule is Cc1ccc(B2CC(C)(C)C(C)(C)C2)cn1. The molecule has 0 amide bonds. The van der Waals surface area contributed by atoms with Gasteiger partial charge in [0.05, 0.1) is 0 Å². The molecule has 86 valence electrons. The van der Waals surface area contributed by atoms with Crippen molar-refractivity contribution in [3.63, 3.8) is 0 Å². The first-order valence-corrected chi connectivity index (χ1v) is 6.24. The summed E-state index contributed by atoms with van der Waals surface area (Å²) in [6.07, 6.45) is 4.63. The molecule has 0 aliphatic carbocycles. The summed E-state index contributed by atoms with van der Waals surface area (Å²) >= 11 is 0. The van der Waals surface area contributed by atoms with Gasteiger partial charge in [0, 0.05) is 11.9 Å². The quantitative estimate of drug-likeness (QED) is 0.655. The van der Waals surface area contributed by atoms with Crippen LogP contribution in [0, 0.1) is 17.8 Å². The Kier molecular flexibility index (Phi) is 2.64. The molecule has 2 rings (SSSR count). The zero-order valence-corrected chi connectivity index (χ0v) is 11.2. The Morgan fingerprint density at radius 1 is 1.06 bits per heavy atom. The second-order valence-corrected chi connectivity index (χ2v) is 6.61. The third kappa shape index (κ3) is 1.90. The maximum atomic E-state index is 4.42. The molecule has 1 aromatic heterocycles. The maximum absolute atomic E-state index is 4.42. The maximum Gasteiger partial charge on any atom is 0.179 e. The minimum Gasteiger partial charge on any atom is -0.262 e. The Morgan fingerprint density at radius 2 is 1.62 bits per heavy atom. The van der Waals surface area contributed by atoms with Crippen molar-refractivity contribution < 1.29 is 0 Å². The van der Waals surface area contributed by atoms with E-state index in [1.54, 1.807) is 0 Å². The average molecular weight is 215 g/mol. The van der Waals surface area contributed by atoms with E-state index in [0.717, 1.165) is 5.69 Å². The first kappa shape index (κ1) is 11.7. The predicted octanol–water partition coefficient (Wildman–Crippen LogP) is 3.16.